The summed E-state index contributed by atoms with van der Waals surface area (Å²) in [6.07, 6.45) is 0.751. The Hall–Kier alpha value is -2.18. The fourth-order valence-corrected chi connectivity index (χ4v) is 1.50. The van der Waals surface area contributed by atoms with Gasteiger partial charge in [0.2, 0.25) is 0 Å². The van der Waals surface area contributed by atoms with Crippen molar-refractivity contribution in [1.82, 2.24) is 4.98 Å². The zero-order valence-corrected chi connectivity index (χ0v) is 11.2. The third-order valence-corrected chi connectivity index (χ3v) is 2.48. The van der Waals surface area contributed by atoms with Gasteiger partial charge in [-0.1, -0.05) is 6.07 Å². The second-order valence-corrected chi connectivity index (χ2v) is 3.83. The molecular formula is C13H13ClN2O4. The van der Waals surface area contributed by atoms with Crippen LogP contribution in [0.3, 0.4) is 0 Å². The smallest absolute Gasteiger partial charge is 0.269 e. The van der Waals surface area contributed by atoms with Crippen molar-refractivity contribution in [1.29, 1.82) is 0 Å². The van der Waals surface area contributed by atoms with Gasteiger partial charge in [-0.3, -0.25) is 15.1 Å². The van der Waals surface area contributed by atoms with Crippen LogP contribution in [0.15, 0.2) is 48.7 Å². The zero-order valence-electron chi connectivity index (χ0n) is 10.4. The fraction of sp³-hybridized carbons (Fsp3) is 0.154. The number of aliphatic hydroxyl groups is 1. The molecule has 0 aliphatic rings. The Bertz CT molecular complexity index is 548. The number of nitro groups is 1. The summed E-state index contributed by atoms with van der Waals surface area (Å²) in [6, 6.07) is 10.9. The van der Waals surface area contributed by atoms with Crippen LogP contribution in [0.25, 0.3) is 0 Å². The zero-order chi connectivity index (χ0) is 13.7. The van der Waals surface area contributed by atoms with Crippen LogP contribution in [0.1, 0.15) is 11.8 Å². The van der Waals surface area contributed by atoms with Crippen LogP contribution < -0.4 is 4.74 Å². The van der Waals surface area contributed by atoms with Crippen LogP contribution in [0, 0.1) is 10.1 Å². The van der Waals surface area contributed by atoms with E-state index in [0.717, 1.165) is 0 Å². The first-order valence-corrected chi connectivity index (χ1v) is 5.63. The number of nitro benzene ring substituents is 1. The summed E-state index contributed by atoms with van der Waals surface area (Å²) >= 11 is 0. The minimum atomic E-state index is -0.837. The third kappa shape index (κ3) is 4.18. The van der Waals surface area contributed by atoms with E-state index >= 15 is 0 Å². The first kappa shape index (κ1) is 15.9. The van der Waals surface area contributed by atoms with E-state index in [0.29, 0.717) is 11.4 Å². The number of hydrogen-bond acceptors (Lipinski definition) is 5. The normalized spacial score (nSPS) is 11.2. The Labute approximate surface area is 121 Å². The number of pyridine rings is 1. The summed E-state index contributed by atoms with van der Waals surface area (Å²) in [7, 11) is 0. The van der Waals surface area contributed by atoms with Gasteiger partial charge in [-0.25, -0.2) is 0 Å². The molecule has 1 unspecified atom stereocenters. The molecule has 0 amide bonds. The molecule has 106 valence electrons. The van der Waals surface area contributed by atoms with Crippen molar-refractivity contribution in [3.05, 3.63) is 64.5 Å². The van der Waals surface area contributed by atoms with Crippen LogP contribution >= 0.6 is 12.4 Å². The molecule has 0 aliphatic heterocycles. The number of hydrogen-bond donors (Lipinski definition) is 1. The maximum absolute atomic E-state index is 10.5. The highest BCUT2D eigenvalue weighted by molar-refractivity contribution is 5.85. The largest absolute Gasteiger partial charge is 0.490 e. The predicted molar refractivity (Wildman–Crippen MR) is 75.0 cm³/mol. The van der Waals surface area contributed by atoms with Gasteiger partial charge in [-0.2, -0.15) is 0 Å². The molecule has 0 spiro atoms. The van der Waals surface area contributed by atoms with Gasteiger partial charge in [0, 0.05) is 18.3 Å². The highest BCUT2D eigenvalue weighted by atomic mass is 35.5. The van der Waals surface area contributed by atoms with Gasteiger partial charge in [0.1, 0.15) is 18.5 Å². The van der Waals surface area contributed by atoms with Gasteiger partial charge in [-0.05, 0) is 24.3 Å². The molecular weight excluding hydrogens is 284 g/mol. The minimum absolute atomic E-state index is 0. The van der Waals surface area contributed by atoms with Crippen molar-refractivity contribution in [3.63, 3.8) is 0 Å². The van der Waals surface area contributed by atoms with Crippen molar-refractivity contribution in [2.45, 2.75) is 6.10 Å². The molecule has 1 aromatic heterocycles. The van der Waals surface area contributed by atoms with Crippen LogP contribution in [0.4, 0.5) is 5.69 Å². The average molecular weight is 297 g/mol. The molecule has 0 fully saturated rings. The fourth-order valence-electron chi connectivity index (χ4n) is 1.50. The molecule has 0 aliphatic carbocycles. The molecule has 1 atom stereocenters. The molecule has 20 heavy (non-hydrogen) atoms. The van der Waals surface area contributed by atoms with E-state index < -0.39 is 11.0 Å². The predicted octanol–water partition coefficient (Wildman–Crippen LogP) is 2.52. The van der Waals surface area contributed by atoms with Crippen LogP contribution in [0.2, 0.25) is 0 Å². The Kier molecular flexibility index (Phi) is 5.89. The van der Waals surface area contributed by atoms with E-state index in [9.17, 15) is 15.2 Å². The second-order valence-electron chi connectivity index (χ2n) is 3.83. The SMILES string of the molecule is Cl.O=[N+]([O-])c1ccc(OCC(O)c2ccccn2)cc1. The number of ether oxygens (including phenoxy) is 1. The van der Waals surface area contributed by atoms with Crippen molar-refractivity contribution >= 4 is 18.1 Å². The van der Waals surface area contributed by atoms with E-state index in [4.69, 9.17) is 4.74 Å². The molecule has 0 saturated heterocycles. The number of aromatic nitrogens is 1. The molecule has 1 heterocycles. The molecule has 1 aromatic carbocycles. The molecule has 7 heteroatoms. The number of benzene rings is 1. The molecule has 0 radical (unpaired) electrons. The number of nitrogens with zero attached hydrogens (tertiary/aromatic N) is 2. The summed E-state index contributed by atoms with van der Waals surface area (Å²) in [4.78, 5) is 14.0. The van der Waals surface area contributed by atoms with Crippen molar-refractivity contribution in [2.24, 2.45) is 0 Å². The Morgan fingerprint density at radius 1 is 1.25 bits per heavy atom. The molecule has 1 N–H and O–H groups in total. The summed E-state index contributed by atoms with van der Waals surface area (Å²) in [5, 5.41) is 20.3. The molecule has 2 aromatic rings. The van der Waals surface area contributed by atoms with Crippen molar-refractivity contribution < 1.29 is 14.8 Å². The average Bonchev–Trinajstić information content (AvgIpc) is 2.46. The first-order valence-electron chi connectivity index (χ1n) is 5.63. The Balaban J connectivity index is 0.00000200. The van der Waals surface area contributed by atoms with Gasteiger partial charge in [0.05, 0.1) is 10.6 Å². The monoisotopic (exact) mass is 296 g/mol. The van der Waals surface area contributed by atoms with E-state index in [-0.39, 0.29) is 24.7 Å². The van der Waals surface area contributed by atoms with Crippen molar-refractivity contribution in [2.75, 3.05) is 6.61 Å². The summed E-state index contributed by atoms with van der Waals surface area (Å²) < 4.78 is 5.34. The highest BCUT2D eigenvalue weighted by Crippen LogP contribution is 2.19. The van der Waals surface area contributed by atoms with Gasteiger partial charge >= 0.3 is 0 Å². The van der Waals surface area contributed by atoms with E-state index in [1.54, 1.807) is 24.4 Å². The lowest BCUT2D eigenvalue weighted by Gasteiger charge is -2.11. The van der Waals surface area contributed by atoms with Gasteiger partial charge in [0.15, 0.2) is 0 Å². The molecule has 0 saturated carbocycles. The lowest BCUT2D eigenvalue weighted by atomic mass is 10.2. The quantitative estimate of drug-likeness (QED) is 0.677. The van der Waals surface area contributed by atoms with E-state index in [1.807, 2.05) is 0 Å². The maximum Gasteiger partial charge on any atom is 0.269 e. The van der Waals surface area contributed by atoms with E-state index in [1.165, 1.54) is 24.3 Å². The molecule has 6 nitrogen and oxygen atoms in total. The molecule has 2 rings (SSSR count). The molecule has 0 bridgehead atoms. The lowest BCUT2D eigenvalue weighted by Crippen LogP contribution is -2.10. The minimum Gasteiger partial charge on any atom is -0.490 e. The van der Waals surface area contributed by atoms with Gasteiger partial charge in [-0.15, -0.1) is 12.4 Å². The second kappa shape index (κ2) is 7.42. The van der Waals surface area contributed by atoms with Crippen LogP contribution in [-0.2, 0) is 0 Å². The number of rotatable bonds is 5. The number of aliphatic hydroxyl groups excluding tert-OH is 1. The lowest BCUT2D eigenvalue weighted by molar-refractivity contribution is -0.384. The topological polar surface area (TPSA) is 85.5 Å². The summed E-state index contributed by atoms with van der Waals surface area (Å²) in [5.41, 5.74) is 0.516. The number of non-ortho nitro benzene ring substituents is 1. The standard InChI is InChI=1S/C13H12N2O4.ClH/c16-13(12-3-1-2-8-14-12)9-19-11-6-4-10(5-7-11)15(17)18;/h1-8,13,16H,9H2;1H. The Morgan fingerprint density at radius 3 is 2.50 bits per heavy atom. The van der Waals surface area contributed by atoms with Crippen molar-refractivity contribution in [3.8, 4) is 5.75 Å². The highest BCUT2D eigenvalue weighted by Gasteiger charge is 2.10. The van der Waals surface area contributed by atoms with Crippen LogP contribution in [0.5, 0.6) is 5.75 Å². The van der Waals surface area contributed by atoms with E-state index in [2.05, 4.69) is 4.98 Å². The maximum atomic E-state index is 10.5. The summed E-state index contributed by atoms with van der Waals surface area (Å²) in [6.45, 7) is 0.0365. The first-order chi connectivity index (χ1) is 9.16. The van der Waals surface area contributed by atoms with Crippen LogP contribution in [-0.4, -0.2) is 21.6 Å². The third-order valence-electron chi connectivity index (χ3n) is 2.48. The number of halogens is 1. The summed E-state index contributed by atoms with van der Waals surface area (Å²) in [5.74, 6) is 0.459. The van der Waals surface area contributed by atoms with Gasteiger partial charge < -0.3 is 9.84 Å². The Morgan fingerprint density at radius 2 is 1.95 bits per heavy atom. The van der Waals surface area contributed by atoms with Gasteiger partial charge in [0.25, 0.3) is 5.69 Å².